The molecule has 7 nitrogen and oxygen atoms in total. The van der Waals surface area contributed by atoms with Crippen LogP contribution in [0.1, 0.15) is 17.3 Å². The van der Waals surface area contributed by atoms with Crippen molar-refractivity contribution in [3.05, 3.63) is 65.7 Å². The maximum absolute atomic E-state index is 12.5. The number of nitrogens with zero attached hydrogens (tertiary/aromatic N) is 1. The Morgan fingerprint density at radius 3 is 2.41 bits per heavy atom. The van der Waals surface area contributed by atoms with E-state index in [0.717, 1.165) is 0 Å². The predicted octanol–water partition coefficient (Wildman–Crippen LogP) is 3.59. The van der Waals surface area contributed by atoms with Crippen LogP contribution in [0, 0.1) is 0 Å². The van der Waals surface area contributed by atoms with Crippen LogP contribution in [0.15, 0.2) is 65.0 Å². The van der Waals surface area contributed by atoms with E-state index in [-0.39, 0.29) is 10.8 Å². The van der Waals surface area contributed by atoms with Gasteiger partial charge in [0.15, 0.2) is 5.13 Å². The third kappa shape index (κ3) is 4.83. The highest BCUT2D eigenvalue weighted by atomic mass is 32.2. The van der Waals surface area contributed by atoms with Gasteiger partial charge in [-0.25, -0.2) is 13.4 Å². The van der Waals surface area contributed by atoms with E-state index in [1.165, 1.54) is 35.6 Å². The second-order valence-corrected chi connectivity index (χ2v) is 7.96. The Morgan fingerprint density at radius 2 is 1.81 bits per heavy atom. The molecule has 0 aliphatic carbocycles. The van der Waals surface area contributed by atoms with Gasteiger partial charge in [0.2, 0.25) is 0 Å². The number of carbonyl (C=O) groups is 1. The standard InChI is InChI=1S/C18H17N3O4S2/c1-2-25-15-7-5-14(6-8-15)21-27(23,24)16-9-3-13(4-10-16)17(22)20-18-19-11-12-26-18/h3-12,21H,2H2,1H3,(H,19,20,22). The van der Waals surface area contributed by atoms with Crippen molar-refractivity contribution in [1.82, 2.24) is 4.98 Å². The second-order valence-electron chi connectivity index (χ2n) is 5.38. The molecule has 0 saturated heterocycles. The SMILES string of the molecule is CCOc1ccc(NS(=O)(=O)c2ccc(C(=O)Nc3nccs3)cc2)cc1. The minimum Gasteiger partial charge on any atom is -0.494 e. The van der Waals surface area contributed by atoms with E-state index in [1.807, 2.05) is 6.92 Å². The average molecular weight is 403 g/mol. The van der Waals surface area contributed by atoms with Gasteiger partial charge in [0.05, 0.1) is 11.5 Å². The molecular formula is C18H17N3O4S2. The molecule has 0 spiro atoms. The minimum atomic E-state index is -3.76. The van der Waals surface area contributed by atoms with E-state index in [1.54, 1.807) is 35.8 Å². The number of rotatable bonds is 7. The highest BCUT2D eigenvalue weighted by molar-refractivity contribution is 7.92. The molecule has 0 atom stereocenters. The second kappa shape index (κ2) is 8.19. The number of benzene rings is 2. The highest BCUT2D eigenvalue weighted by Crippen LogP contribution is 2.20. The summed E-state index contributed by atoms with van der Waals surface area (Å²) >= 11 is 1.30. The normalized spacial score (nSPS) is 11.0. The van der Waals surface area contributed by atoms with Crippen molar-refractivity contribution in [2.45, 2.75) is 11.8 Å². The van der Waals surface area contributed by atoms with E-state index in [2.05, 4.69) is 15.0 Å². The van der Waals surface area contributed by atoms with Crippen LogP contribution in [-0.2, 0) is 10.0 Å². The molecule has 0 radical (unpaired) electrons. The monoisotopic (exact) mass is 403 g/mol. The van der Waals surface area contributed by atoms with Crippen LogP contribution in [0.3, 0.4) is 0 Å². The fourth-order valence-corrected chi connectivity index (χ4v) is 3.82. The van der Waals surface area contributed by atoms with Gasteiger partial charge in [-0.15, -0.1) is 11.3 Å². The number of sulfonamides is 1. The van der Waals surface area contributed by atoms with E-state index < -0.39 is 10.0 Å². The Morgan fingerprint density at radius 1 is 1.11 bits per heavy atom. The van der Waals surface area contributed by atoms with Crippen LogP contribution >= 0.6 is 11.3 Å². The molecule has 9 heteroatoms. The molecule has 0 bridgehead atoms. The Bertz CT molecular complexity index is 1000. The molecular weight excluding hydrogens is 386 g/mol. The lowest BCUT2D eigenvalue weighted by Crippen LogP contribution is -2.14. The van der Waals surface area contributed by atoms with Crippen molar-refractivity contribution in [1.29, 1.82) is 0 Å². The van der Waals surface area contributed by atoms with E-state index in [0.29, 0.717) is 28.7 Å². The quantitative estimate of drug-likeness (QED) is 0.628. The summed E-state index contributed by atoms with van der Waals surface area (Å²) in [4.78, 5) is 16.2. The first-order valence-corrected chi connectivity index (χ1v) is 10.4. The first-order chi connectivity index (χ1) is 13.0. The maximum atomic E-state index is 12.5. The smallest absolute Gasteiger partial charge is 0.261 e. The molecule has 1 heterocycles. The third-order valence-electron chi connectivity index (χ3n) is 3.50. The summed E-state index contributed by atoms with van der Waals surface area (Å²) in [6.07, 6.45) is 1.59. The van der Waals surface area contributed by atoms with Gasteiger partial charge in [-0.05, 0) is 55.5 Å². The number of thiazole rings is 1. The minimum absolute atomic E-state index is 0.0576. The lowest BCUT2D eigenvalue weighted by Gasteiger charge is -2.10. The number of nitrogens with one attached hydrogen (secondary N) is 2. The average Bonchev–Trinajstić information content (AvgIpc) is 3.16. The van der Waals surface area contributed by atoms with E-state index in [9.17, 15) is 13.2 Å². The maximum Gasteiger partial charge on any atom is 0.261 e. The zero-order chi connectivity index (χ0) is 19.3. The zero-order valence-electron chi connectivity index (χ0n) is 14.4. The van der Waals surface area contributed by atoms with Gasteiger partial charge >= 0.3 is 0 Å². The molecule has 3 rings (SSSR count). The predicted molar refractivity (Wildman–Crippen MR) is 105 cm³/mol. The van der Waals surface area contributed by atoms with Gasteiger partial charge in [-0.3, -0.25) is 14.8 Å². The molecule has 0 saturated carbocycles. The number of hydrogen-bond donors (Lipinski definition) is 2. The fourth-order valence-electron chi connectivity index (χ4n) is 2.24. The lowest BCUT2D eigenvalue weighted by molar-refractivity contribution is 0.102. The summed E-state index contributed by atoms with van der Waals surface area (Å²) in [6.45, 7) is 2.41. The molecule has 0 fully saturated rings. The van der Waals surface area contributed by atoms with Crippen molar-refractivity contribution >= 4 is 38.1 Å². The van der Waals surface area contributed by atoms with Crippen LogP contribution in [0.25, 0.3) is 0 Å². The summed E-state index contributed by atoms with van der Waals surface area (Å²) in [7, 11) is -3.76. The molecule has 27 heavy (non-hydrogen) atoms. The van der Waals surface area contributed by atoms with Crippen LogP contribution < -0.4 is 14.8 Å². The topological polar surface area (TPSA) is 97.4 Å². The molecule has 0 aliphatic heterocycles. The Hall–Kier alpha value is -2.91. The first-order valence-electron chi connectivity index (χ1n) is 8.04. The van der Waals surface area contributed by atoms with Crippen LogP contribution in [0.2, 0.25) is 0 Å². The van der Waals surface area contributed by atoms with E-state index in [4.69, 9.17) is 4.74 Å². The largest absolute Gasteiger partial charge is 0.494 e. The molecule has 2 aromatic carbocycles. The van der Waals surface area contributed by atoms with Crippen molar-refractivity contribution in [3.8, 4) is 5.75 Å². The van der Waals surface area contributed by atoms with Gasteiger partial charge in [-0.2, -0.15) is 0 Å². The lowest BCUT2D eigenvalue weighted by atomic mass is 10.2. The number of amides is 1. The zero-order valence-corrected chi connectivity index (χ0v) is 16.0. The number of hydrogen-bond acceptors (Lipinski definition) is 6. The van der Waals surface area contributed by atoms with Gasteiger partial charge < -0.3 is 4.74 Å². The number of ether oxygens (including phenoxy) is 1. The first kappa shape index (κ1) is 18.9. The molecule has 0 unspecified atom stereocenters. The molecule has 1 aromatic heterocycles. The van der Waals surface area contributed by atoms with Crippen LogP contribution in [0.5, 0.6) is 5.75 Å². The van der Waals surface area contributed by atoms with Gasteiger partial charge in [0.25, 0.3) is 15.9 Å². The molecule has 0 aliphatic rings. The van der Waals surface area contributed by atoms with Crippen LogP contribution in [-0.4, -0.2) is 25.9 Å². The highest BCUT2D eigenvalue weighted by Gasteiger charge is 2.15. The molecule has 2 N–H and O–H groups in total. The summed E-state index contributed by atoms with van der Waals surface area (Å²) in [6, 6.07) is 12.3. The van der Waals surface area contributed by atoms with Crippen molar-refractivity contribution in [2.75, 3.05) is 16.6 Å². The van der Waals surface area contributed by atoms with Gasteiger partial charge in [-0.1, -0.05) is 0 Å². The summed E-state index contributed by atoms with van der Waals surface area (Å²) < 4.78 is 32.8. The van der Waals surface area contributed by atoms with Crippen molar-refractivity contribution in [3.63, 3.8) is 0 Å². The van der Waals surface area contributed by atoms with Gasteiger partial charge in [0.1, 0.15) is 5.75 Å². The summed E-state index contributed by atoms with van der Waals surface area (Å²) in [5, 5.41) is 4.87. The fraction of sp³-hybridized carbons (Fsp3) is 0.111. The van der Waals surface area contributed by atoms with Crippen molar-refractivity contribution in [2.24, 2.45) is 0 Å². The summed E-state index contributed by atoms with van der Waals surface area (Å²) in [5.41, 5.74) is 0.759. The number of carbonyl (C=O) groups excluding carboxylic acids is 1. The Kier molecular flexibility index (Phi) is 5.72. The molecule has 1 amide bonds. The molecule has 3 aromatic rings. The van der Waals surface area contributed by atoms with Gasteiger partial charge in [0, 0.05) is 22.8 Å². The number of aromatic nitrogens is 1. The van der Waals surface area contributed by atoms with Crippen LogP contribution in [0.4, 0.5) is 10.8 Å². The third-order valence-corrected chi connectivity index (χ3v) is 5.58. The van der Waals surface area contributed by atoms with E-state index >= 15 is 0 Å². The Balaban J connectivity index is 1.70. The number of anilines is 2. The molecule has 140 valence electrons. The Labute approximate surface area is 161 Å². The van der Waals surface area contributed by atoms with Crippen molar-refractivity contribution < 1.29 is 17.9 Å². The summed E-state index contributed by atoms with van der Waals surface area (Å²) in [5.74, 6) is 0.310.